The van der Waals surface area contributed by atoms with Gasteiger partial charge in [-0.25, -0.2) is 4.39 Å². The number of rotatable bonds is 4. The van der Waals surface area contributed by atoms with Crippen molar-refractivity contribution in [3.63, 3.8) is 0 Å². The van der Waals surface area contributed by atoms with E-state index in [2.05, 4.69) is 4.98 Å². The maximum absolute atomic E-state index is 13.8. The standard InChI is InChI=1S/C18H19FN2O3/c19-14-9-13-4-1-7-20-17(13)15(10-14)18(24)21-8-2-3-12(11-21)5-6-16(22)23/h1,4,7,9-10,12H,2-3,5-6,8,11H2,(H,22,23). The second-order valence-corrected chi connectivity index (χ2v) is 6.22. The molecule has 0 saturated carbocycles. The summed E-state index contributed by atoms with van der Waals surface area (Å²) in [4.78, 5) is 29.5. The Morgan fingerprint density at radius 3 is 3.00 bits per heavy atom. The molecule has 24 heavy (non-hydrogen) atoms. The first-order valence-corrected chi connectivity index (χ1v) is 8.10. The van der Waals surface area contributed by atoms with E-state index in [0.717, 1.165) is 12.8 Å². The highest BCUT2D eigenvalue weighted by Gasteiger charge is 2.26. The van der Waals surface area contributed by atoms with Gasteiger partial charge in [-0.05, 0) is 43.4 Å². The normalized spacial score (nSPS) is 17.9. The molecule has 3 rings (SSSR count). The summed E-state index contributed by atoms with van der Waals surface area (Å²) in [6.45, 7) is 1.12. The van der Waals surface area contributed by atoms with Crippen molar-refractivity contribution in [3.05, 3.63) is 41.8 Å². The van der Waals surface area contributed by atoms with E-state index in [1.807, 2.05) is 0 Å². The minimum Gasteiger partial charge on any atom is -0.481 e. The fourth-order valence-corrected chi connectivity index (χ4v) is 3.30. The third-order valence-corrected chi connectivity index (χ3v) is 4.47. The first kappa shape index (κ1) is 16.4. The molecule has 126 valence electrons. The summed E-state index contributed by atoms with van der Waals surface area (Å²) in [5.41, 5.74) is 0.765. The highest BCUT2D eigenvalue weighted by Crippen LogP contribution is 2.25. The van der Waals surface area contributed by atoms with Gasteiger partial charge in [0.2, 0.25) is 0 Å². The lowest BCUT2D eigenvalue weighted by Crippen LogP contribution is -2.40. The molecule has 0 spiro atoms. The number of carbonyl (C=O) groups is 2. The molecule has 1 aliphatic rings. The van der Waals surface area contributed by atoms with Gasteiger partial charge >= 0.3 is 5.97 Å². The van der Waals surface area contributed by atoms with Crippen LogP contribution in [0.3, 0.4) is 0 Å². The lowest BCUT2D eigenvalue weighted by atomic mass is 9.93. The number of carbonyl (C=O) groups excluding carboxylic acids is 1. The minimum atomic E-state index is -0.821. The zero-order valence-corrected chi connectivity index (χ0v) is 13.2. The Balaban J connectivity index is 1.82. The van der Waals surface area contributed by atoms with Crippen LogP contribution in [0, 0.1) is 11.7 Å². The molecule has 2 heterocycles. The predicted molar refractivity (Wildman–Crippen MR) is 87.2 cm³/mol. The van der Waals surface area contributed by atoms with E-state index >= 15 is 0 Å². The van der Waals surface area contributed by atoms with Crippen LogP contribution in [0.1, 0.15) is 36.0 Å². The molecule has 0 bridgehead atoms. The van der Waals surface area contributed by atoms with Crippen molar-refractivity contribution in [3.8, 4) is 0 Å². The maximum Gasteiger partial charge on any atom is 0.303 e. The van der Waals surface area contributed by atoms with Gasteiger partial charge in [0, 0.05) is 31.1 Å². The van der Waals surface area contributed by atoms with E-state index in [1.165, 1.54) is 12.1 Å². The molecule has 0 radical (unpaired) electrons. The van der Waals surface area contributed by atoms with Crippen molar-refractivity contribution in [2.75, 3.05) is 13.1 Å². The summed E-state index contributed by atoms with van der Waals surface area (Å²) in [6.07, 6.45) is 4.00. The maximum atomic E-state index is 13.8. The summed E-state index contributed by atoms with van der Waals surface area (Å²) in [7, 11) is 0. The summed E-state index contributed by atoms with van der Waals surface area (Å²) in [5.74, 6) is -1.35. The van der Waals surface area contributed by atoms with Crippen LogP contribution in [-0.4, -0.2) is 40.0 Å². The number of carboxylic acid groups (broad SMARTS) is 1. The van der Waals surface area contributed by atoms with Gasteiger partial charge in [0.05, 0.1) is 11.1 Å². The second-order valence-electron chi connectivity index (χ2n) is 6.22. The Morgan fingerprint density at radius 1 is 1.38 bits per heavy atom. The molecule has 1 unspecified atom stereocenters. The Hall–Kier alpha value is -2.50. The average molecular weight is 330 g/mol. The molecule has 1 saturated heterocycles. The van der Waals surface area contributed by atoms with Gasteiger partial charge < -0.3 is 10.0 Å². The summed E-state index contributed by atoms with van der Waals surface area (Å²) in [6, 6.07) is 6.04. The molecule has 1 aliphatic heterocycles. The average Bonchev–Trinajstić information content (AvgIpc) is 2.58. The Morgan fingerprint density at radius 2 is 2.21 bits per heavy atom. The number of aromatic nitrogens is 1. The van der Waals surface area contributed by atoms with Crippen LogP contribution in [0.25, 0.3) is 10.9 Å². The van der Waals surface area contributed by atoms with E-state index in [1.54, 1.807) is 23.2 Å². The number of carboxylic acids is 1. The molecule has 1 aromatic heterocycles. The summed E-state index contributed by atoms with van der Waals surface area (Å²) >= 11 is 0. The molecule has 2 aromatic rings. The molecule has 1 fully saturated rings. The van der Waals surface area contributed by atoms with Gasteiger partial charge in [0.1, 0.15) is 5.82 Å². The summed E-state index contributed by atoms with van der Waals surface area (Å²) < 4.78 is 13.8. The fraction of sp³-hybridized carbons (Fsp3) is 0.389. The van der Waals surface area contributed by atoms with Crippen molar-refractivity contribution >= 4 is 22.8 Å². The quantitative estimate of drug-likeness (QED) is 0.935. The molecule has 5 nitrogen and oxygen atoms in total. The number of halogens is 1. The van der Waals surface area contributed by atoms with Crippen LogP contribution in [0.4, 0.5) is 4.39 Å². The Kier molecular flexibility index (Phi) is 4.74. The number of nitrogens with zero attached hydrogens (tertiary/aromatic N) is 2. The van der Waals surface area contributed by atoms with Crippen molar-refractivity contribution in [1.29, 1.82) is 0 Å². The molecule has 1 N–H and O–H groups in total. The Bertz CT molecular complexity index is 778. The van der Waals surface area contributed by atoms with Gasteiger partial charge in [0.25, 0.3) is 5.91 Å². The predicted octanol–water partition coefficient (Wildman–Crippen LogP) is 3.09. The van der Waals surface area contributed by atoms with Gasteiger partial charge in [-0.1, -0.05) is 6.07 Å². The van der Waals surface area contributed by atoms with Gasteiger partial charge in [-0.15, -0.1) is 0 Å². The van der Waals surface area contributed by atoms with Crippen LogP contribution >= 0.6 is 0 Å². The number of hydrogen-bond acceptors (Lipinski definition) is 3. The van der Waals surface area contributed by atoms with Crippen LogP contribution in [0.5, 0.6) is 0 Å². The number of aliphatic carboxylic acids is 1. The fourth-order valence-electron chi connectivity index (χ4n) is 3.30. The van der Waals surface area contributed by atoms with E-state index in [0.29, 0.717) is 30.4 Å². The number of fused-ring (bicyclic) bond motifs is 1. The first-order valence-electron chi connectivity index (χ1n) is 8.10. The van der Waals surface area contributed by atoms with Crippen molar-refractivity contribution in [2.45, 2.75) is 25.7 Å². The number of hydrogen-bond donors (Lipinski definition) is 1. The highest BCUT2D eigenvalue weighted by atomic mass is 19.1. The van der Waals surface area contributed by atoms with Gasteiger partial charge in [0.15, 0.2) is 0 Å². The smallest absolute Gasteiger partial charge is 0.303 e. The largest absolute Gasteiger partial charge is 0.481 e. The van der Waals surface area contributed by atoms with Crippen molar-refractivity contribution in [2.24, 2.45) is 5.92 Å². The van der Waals surface area contributed by atoms with Gasteiger partial charge in [-0.2, -0.15) is 0 Å². The van der Waals surface area contributed by atoms with E-state index in [-0.39, 0.29) is 23.8 Å². The molecule has 1 amide bonds. The van der Waals surface area contributed by atoms with Crippen molar-refractivity contribution in [1.82, 2.24) is 9.88 Å². The number of piperidine rings is 1. The Labute approximate surface area is 139 Å². The molecular formula is C18H19FN2O3. The van der Waals surface area contributed by atoms with Crippen molar-refractivity contribution < 1.29 is 19.1 Å². The number of amides is 1. The van der Waals surface area contributed by atoms with E-state index in [9.17, 15) is 14.0 Å². The first-order chi connectivity index (χ1) is 11.5. The minimum absolute atomic E-state index is 0.108. The highest BCUT2D eigenvalue weighted by molar-refractivity contribution is 6.05. The van der Waals surface area contributed by atoms with Crippen LogP contribution in [0.15, 0.2) is 30.5 Å². The summed E-state index contributed by atoms with van der Waals surface area (Å²) in [5, 5.41) is 9.41. The van der Waals surface area contributed by atoms with Gasteiger partial charge in [-0.3, -0.25) is 14.6 Å². The molecule has 1 aromatic carbocycles. The molecular weight excluding hydrogens is 311 g/mol. The monoisotopic (exact) mass is 330 g/mol. The lowest BCUT2D eigenvalue weighted by molar-refractivity contribution is -0.137. The number of pyridine rings is 1. The second kappa shape index (κ2) is 6.95. The molecule has 0 aliphatic carbocycles. The third-order valence-electron chi connectivity index (χ3n) is 4.47. The lowest BCUT2D eigenvalue weighted by Gasteiger charge is -2.32. The SMILES string of the molecule is O=C(O)CCC1CCCN(C(=O)c2cc(F)cc3cccnc23)C1. The van der Waals surface area contributed by atoms with E-state index in [4.69, 9.17) is 5.11 Å². The topological polar surface area (TPSA) is 70.5 Å². The molecule has 6 heteroatoms. The zero-order valence-electron chi connectivity index (χ0n) is 13.2. The van der Waals surface area contributed by atoms with Crippen LogP contribution in [-0.2, 0) is 4.79 Å². The zero-order chi connectivity index (χ0) is 17.1. The van der Waals surface area contributed by atoms with Crippen LogP contribution < -0.4 is 0 Å². The van der Waals surface area contributed by atoms with Crippen LogP contribution in [0.2, 0.25) is 0 Å². The third kappa shape index (κ3) is 3.53. The number of likely N-dealkylation sites (tertiary alicyclic amines) is 1. The molecule has 1 atom stereocenters. The number of benzene rings is 1. The van der Waals surface area contributed by atoms with E-state index < -0.39 is 11.8 Å².